The van der Waals surface area contributed by atoms with Crippen molar-refractivity contribution < 1.29 is 8.78 Å². The summed E-state index contributed by atoms with van der Waals surface area (Å²) in [5.41, 5.74) is 0.277. The zero-order valence-corrected chi connectivity index (χ0v) is 7.46. The number of benzene rings is 1. The van der Waals surface area contributed by atoms with Gasteiger partial charge in [0, 0.05) is 5.56 Å². The maximum atomic E-state index is 13.0. The molecule has 0 fully saturated rings. The van der Waals surface area contributed by atoms with Gasteiger partial charge in [-0.3, -0.25) is 0 Å². The highest BCUT2D eigenvalue weighted by Gasteiger charge is 2.10. The zero-order valence-electron chi connectivity index (χ0n) is 6.70. The fourth-order valence-corrected chi connectivity index (χ4v) is 1.30. The van der Waals surface area contributed by atoms with E-state index in [4.69, 9.17) is 11.6 Å². The van der Waals surface area contributed by atoms with Crippen LogP contribution in [0.1, 0.15) is 18.9 Å². The molecule has 0 saturated carbocycles. The summed E-state index contributed by atoms with van der Waals surface area (Å²) in [4.78, 5) is 0. The topological polar surface area (TPSA) is 0 Å². The van der Waals surface area contributed by atoms with Gasteiger partial charge < -0.3 is 0 Å². The molecule has 1 aromatic rings. The van der Waals surface area contributed by atoms with Crippen LogP contribution in [0.2, 0.25) is 5.02 Å². The molecule has 0 amide bonds. The summed E-state index contributed by atoms with van der Waals surface area (Å²) in [6.07, 6.45) is 1.22. The van der Waals surface area contributed by atoms with Crippen LogP contribution in [-0.4, -0.2) is 0 Å². The highest BCUT2D eigenvalue weighted by molar-refractivity contribution is 6.31. The Morgan fingerprint density at radius 1 is 1.25 bits per heavy atom. The van der Waals surface area contributed by atoms with Gasteiger partial charge in [0.25, 0.3) is 0 Å². The summed E-state index contributed by atoms with van der Waals surface area (Å²) in [5.74, 6) is -0.982. The molecule has 0 atom stereocenters. The molecular weight excluding hydrogens is 182 g/mol. The van der Waals surface area contributed by atoms with Gasteiger partial charge in [-0.15, -0.1) is 0 Å². The van der Waals surface area contributed by atoms with E-state index in [1.54, 1.807) is 0 Å². The van der Waals surface area contributed by atoms with Crippen LogP contribution in [0.15, 0.2) is 12.1 Å². The molecule has 0 radical (unpaired) electrons. The molecule has 0 spiro atoms. The molecule has 0 bridgehead atoms. The van der Waals surface area contributed by atoms with E-state index in [1.165, 1.54) is 0 Å². The molecule has 66 valence electrons. The van der Waals surface area contributed by atoms with E-state index in [1.807, 2.05) is 6.92 Å². The van der Waals surface area contributed by atoms with E-state index in [9.17, 15) is 8.78 Å². The molecule has 0 aliphatic rings. The standard InChI is InChI=1S/C9H9ClF2/c1-2-3-6-7(11)4-5-8(12)9(6)10/h4-5H,2-3H2,1H3. The van der Waals surface area contributed by atoms with Crippen molar-refractivity contribution in [3.63, 3.8) is 0 Å². The van der Waals surface area contributed by atoms with Crippen LogP contribution in [0.25, 0.3) is 0 Å². The Morgan fingerprint density at radius 3 is 2.42 bits per heavy atom. The van der Waals surface area contributed by atoms with Crippen LogP contribution in [0.3, 0.4) is 0 Å². The number of hydrogen-bond donors (Lipinski definition) is 0. The van der Waals surface area contributed by atoms with Crippen LogP contribution in [0.4, 0.5) is 8.78 Å². The zero-order chi connectivity index (χ0) is 9.14. The molecule has 0 unspecified atom stereocenters. The Kier molecular flexibility index (Phi) is 3.04. The Bertz CT molecular complexity index is 284. The van der Waals surface area contributed by atoms with Gasteiger partial charge in [0.05, 0.1) is 5.02 Å². The minimum absolute atomic E-state index is 0.0862. The van der Waals surface area contributed by atoms with E-state index >= 15 is 0 Å². The third-order valence-electron chi connectivity index (χ3n) is 1.64. The van der Waals surface area contributed by atoms with E-state index in [0.717, 1.165) is 18.6 Å². The van der Waals surface area contributed by atoms with Crippen LogP contribution in [0, 0.1) is 11.6 Å². The van der Waals surface area contributed by atoms with Crippen molar-refractivity contribution in [1.29, 1.82) is 0 Å². The second-order valence-corrected chi connectivity index (χ2v) is 2.95. The molecule has 12 heavy (non-hydrogen) atoms. The highest BCUT2D eigenvalue weighted by Crippen LogP contribution is 2.23. The quantitative estimate of drug-likeness (QED) is 0.626. The summed E-state index contributed by atoms with van der Waals surface area (Å²) in [6, 6.07) is 2.14. The Balaban J connectivity index is 3.14. The van der Waals surface area contributed by atoms with Gasteiger partial charge in [-0.2, -0.15) is 0 Å². The lowest BCUT2D eigenvalue weighted by atomic mass is 10.1. The summed E-state index contributed by atoms with van der Waals surface area (Å²) in [7, 11) is 0. The first kappa shape index (κ1) is 9.46. The summed E-state index contributed by atoms with van der Waals surface area (Å²) >= 11 is 5.56. The first-order valence-corrected chi connectivity index (χ1v) is 4.17. The smallest absolute Gasteiger partial charge is 0.142 e. The monoisotopic (exact) mass is 190 g/mol. The van der Waals surface area contributed by atoms with Crippen molar-refractivity contribution in [2.45, 2.75) is 19.8 Å². The molecular formula is C9H9ClF2. The molecule has 1 rings (SSSR count). The van der Waals surface area contributed by atoms with E-state index in [-0.39, 0.29) is 10.6 Å². The van der Waals surface area contributed by atoms with Crippen LogP contribution >= 0.6 is 11.6 Å². The SMILES string of the molecule is CCCc1c(F)ccc(F)c1Cl. The number of halogens is 3. The molecule has 1 aromatic carbocycles. The number of hydrogen-bond acceptors (Lipinski definition) is 0. The van der Waals surface area contributed by atoms with E-state index in [2.05, 4.69) is 0 Å². The van der Waals surface area contributed by atoms with Crippen molar-refractivity contribution in [3.05, 3.63) is 34.4 Å². The minimum Gasteiger partial charge on any atom is -0.207 e. The predicted molar refractivity (Wildman–Crippen MR) is 45.4 cm³/mol. The lowest BCUT2D eigenvalue weighted by Crippen LogP contribution is -1.93. The molecule has 0 N–H and O–H groups in total. The van der Waals surface area contributed by atoms with Crippen LogP contribution in [0.5, 0.6) is 0 Å². The molecule has 0 saturated heterocycles. The lowest BCUT2D eigenvalue weighted by molar-refractivity contribution is 0.583. The first-order valence-electron chi connectivity index (χ1n) is 3.79. The fourth-order valence-electron chi connectivity index (χ4n) is 1.05. The Hall–Kier alpha value is -0.630. The van der Waals surface area contributed by atoms with Gasteiger partial charge in [-0.05, 0) is 18.6 Å². The maximum Gasteiger partial charge on any atom is 0.142 e. The summed E-state index contributed by atoms with van der Waals surface area (Å²) < 4.78 is 25.8. The van der Waals surface area contributed by atoms with Crippen molar-refractivity contribution in [3.8, 4) is 0 Å². The highest BCUT2D eigenvalue weighted by atomic mass is 35.5. The largest absolute Gasteiger partial charge is 0.207 e. The van der Waals surface area contributed by atoms with E-state index in [0.29, 0.717) is 6.42 Å². The first-order chi connectivity index (χ1) is 5.66. The predicted octanol–water partition coefficient (Wildman–Crippen LogP) is 3.57. The third kappa shape index (κ3) is 1.75. The van der Waals surface area contributed by atoms with Crippen molar-refractivity contribution >= 4 is 11.6 Å². The molecule has 0 aliphatic carbocycles. The van der Waals surface area contributed by atoms with Gasteiger partial charge in [-0.1, -0.05) is 24.9 Å². The molecule has 0 nitrogen and oxygen atoms in total. The van der Waals surface area contributed by atoms with Crippen molar-refractivity contribution in [2.75, 3.05) is 0 Å². The van der Waals surface area contributed by atoms with Gasteiger partial charge >= 0.3 is 0 Å². The van der Waals surface area contributed by atoms with Crippen molar-refractivity contribution in [2.24, 2.45) is 0 Å². The van der Waals surface area contributed by atoms with E-state index < -0.39 is 11.6 Å². The molecule has 0 heterocycles. The van der Waals surface area contributed by atoms with Gasteiger partial charge in [0.2, 0.25) is 0 Å². The second kappa shape index (κ2) is 3.85. The average molecular weight is 191 g/mol. The maximum absolute atomic E-state index is 13.0. The Labute approximate surface area is 75.2 Å². The number of rotatable bonds is 2. The van der Waals surface area contributed by atoms with Gasteiger partial charge in [0.1, 0.15) is 11.6 Å². The molecule has 0 aliphatic heterocycles. The fraction of sp³-hybridized carbons (Fsp3) is 0.333. The normalized spacial score (nSPS) is 10.3. The average Bonchev–Trinajstić information content (AvgIpc) is 2.06. The molecule has 0 aromatic heterocycles. The summed E-state index contributed by atoms with van der Waals surface area (Å²) in [5, 5.41) is -0.0862. The minimum atomic E-state index is -0.554. The van der Waals surface area contributed by atoms with Gasteiger partial charge in [-0.25, -0.2) is 8.78 Å². The second-order valence-electron chi connectivity index (χ2n) is 2.57. The molecule has 3 heteroatoms. The van der Waals surface area contributed by atoms with Gasteiger partial charge in [0.15, 0.2) is 0 Å². The van der Waals surface area contributed by atoms with Crippen LogP contribution in [-0.2, 0) is 6.42 Å². The Morgan fingerprint density at radius 2 is 1.83 bits per heavy atom. The van der Waals surface area contributed by atoms with Crippen molar-refractivity contribution in [1.82, 2.24) is 0 Å². The summed E-state index contributed by atoms with van der Waals surface area (Å²) in [6.45, 7) is 1.89. The van der Waals surface area contributed by atoms with Crippen LogP contribution < -0.4 is 0 Å². The third-order valence-corrected chi connectivity index (χ3v) is 2.05. The lowest BCUT2D eigenvalue weighted by Gasteiger charge is -2.04.